The second kappa shape index (κ2) is 15.1. The minimum absolute atomic E-state index is 0.899. The quantitative estimate of drug-likeness (QED) is 0.167. The molecule has 0 atom stereocenters. The van der Waals surface area contributed by atoms with Crippen molar-refractivity contribution in [3.05, 3.63) is 243 Å². The van der Waals surface area contributed by atoms with Gasteiger partial charge in [-0.05, 0) is 112 Å². The minimum Gasteiger partial charge on any atom is -0.456 e. The fraction of sp³-hybridized carbons (Fsp3) is 0. The van der Waals surface area contributed by atoms with E-state index in [2.05, 4.69) is 228 Å². The van der Waals surface area contributed by atoms with Crippen LogP contribution in [0.25, 0.3) is 143 Å². The van der Waals surface area contributed by atoms with Gasteiger partial charge in [0.05, 0.1) is 22.1 Å². The third-order valence-electron chi connectivity index (χ3n) is 14.5. The van der Waals surface area contributed by atoms with Crippen molar-refractivity contribution >= 4 is 87.5 Å². The molecule has 4 aromatic heterocycles. The van der Waals surface area contributed by atoms with Gasteiger partial charge in [-0.15, -0.1) is 0 Å². The molecule has 11 aromatic carbocycles. The molecular weight excluding hydrogens is 853 g/mol. The summed E-state index contributed by atoms with van der Waals surface area (Å²) in [6.45, 7) is 0. The van der Waals surface area contributed by atoms with Crippen LogP contribution in [-0.4, -0.2) is 9.13 Å². The molecule has 4 heteroatoms. The van der Waals surface area contributed by atoms with Gasteiger partial charge in [0, 0.05) is 65.6 Å². The predicted octanol–water partition coefficient (Wildman–Crippen LogP) is 18.3. The Labute approximate surface area is 402 Å². The van der Waals surface area contributed by atoms with Crippen molar-refractivity contribution in [1.29, 1.82) is 0 Å². The highest BCUT2D eigenvalue weighted by atomic mass is 16.3. The van der Waals surface area contributed by atoms with E-state index in [1.807, 2.05) is 24.3 Å². The highest BCUT2D eigenvalue weighted by molar-refractivity contribution is 6.16. The Morgan fingerprint density at radius 2 is 0.600 bits per heavy atom. The van der Waals surface area contributed by atoms with E-state index in [4.69, 9.17) is 8.83 Å². The Kier molecular flexibility index (Phi) is 8.33. The maximum atomic E-state index is 6.21. The summed E-state index contributed by atoms with van der Waals surface area (Å²) in [5.41, 5.74) is 19.8. The normalized spacial score (nSPS) is 12.0. The molecule has 15 rings (SSSR count). The second-order valence-electron chi connectivity index (χ2n) is 18.4. The molecule has 0 aliphatic rings. The van der Waals surface area contributed by atoms with Gasteiger partial charge in [0.25, 0.3) is 0 Å². The maximum absolute atomic E-state index is 6.21. The van der Waals surface area contributed by atoms with Gasteiger partial charge < -0.3 is 18.0 Å². The zero-order valence-corrected chi connectivity index (χ0v) is 37.8. The zero-order chi connectivity index (χ0) is 45.9. The van der Waals surface area contributed by atoms with Crippen LogP contribution in [0, 0.1) is 0 Å². The standard InChI is InChI=1S/C66H40N2O2/c1-5-28-59-51(20-1)55-26-12-24-49(65(55)67(59)47-18-10-14-41(37-47)43-32-34-63-57(39-43)53-22-3-7-30-61(53)69-63)45-16-9-17-46(36-45)50-25-13-27-56-52-21-2-6-29-60(52)68(66(50)56)48-19-11-15-42(38-48)44-33-35-64-58(40-44)54-23-4-8-31-62(54)70-64/h1-40H. The number of hydrogen-bond donors (Lipinski definition) is 0. The van der Waals surface area contributed by atoms with E-state index in [1.165, 1.54) is 54.7 Å². The largest absolute Gasteiger partial charge is 0.456 e. The number of benzene rings is 11. The van der Waals surface area contributed by atoms with Crippen LogP contribution in [0.2, 0.25) is 0 Å². The van der Waals surface area contributed by atoms with E-state index in [-0.39, 0.29) is 0 Å². The van der Waals surface area contributed by atoms with Crippen molar-refractivity contribution in [2.24, 2.45) is 0 Å². The van der Waals surface area contributed by atoms with Crippen LogP contribution in [0.4, 0.5) is 0 Å². The molecule has 0 fully saturated rings. The summed E-state index contributed by atoms with van der Waals surface area (Å²) in [7, 11) is 0. The first-order chi connectivity index (χ1) is 34.7. The van der Waals surface area contributed by atoms with Crippen LogP contribution in [-0.2, 0) is 0 Å². The molecule has 4 heterocycles. The Morgan fingerprint density at radius 3 is 1.10 bits per heavy atom. The molecule has 326 valence electrons. The minimum atomic E-state index is 0.899. The lowest BCUT2D eigenvalue weighted by molar-refractivity contribution is 0.668. The lowest BCUT2D eigenvalue weighted by atomic mass is 9.96. The molecule has 0 saturated carbocycles. The summed E-state index contributed by atoms with van der Waals surface area (Å²) in [6.07, 6.45) is 0. The zero-order valence-electron chi connectivity index (χ0n) is 37.8. The molecule has 0 amide bonds. The van der Waals surface area contributed by atoms with Gasteiger partial charge in [-0.1, -0.05) is 164 Å². The van der Waals surface area contributed by atoms with Crippen molar-refractivity contribution in [2.75, 3.05) is 0 Å². The molecule has 0 bridgehead atoms. The van der Waals surface area contributed by atoms with E-state index in [0.29, 0.717) is 0 Å². The smallest absolute Gasteiger partial charge is 0.135 e. The highest BCUT2D eigenvalue weighted by Crippen LogP contribution is 2.43. The van der Waals surface area contributed by atoms with E-state index in [9.17, 15) is 0 Å². The maximum Gasteiger partial charge on any atom is 0.135 e. The van der Waals surface area contributed by atoms with Crippen LogP contribution in [0.15, 0.2) is 251 Å². The second-order valence-corrected chi connectivity index (χ2v) is 18.4. The first-order valence-corrected chi connectivity index (χ1v) is 23.9. The Hall–Kier alpha value is -9.38. The lowest BCUT2D eigenvalue weighted by Gasteiger charge is -2.15. The molecule has 0 saturated heterocycles. The molecule has 0 spiro atoms. The molecule has 4 nitrogen and oxygen atoms in total. The fourth-order valence-electron chi connectivity index (χ4n) is 11.4. The molecular formula is C66H40N2O2. The average molecular weight is 893 g/mol. The number of furan rings is 2. The summed E-state index contributed by atoms with van der Waals surface area (Å²) in [5, 5.41) is 9.40. The monoisotopic (exact) mass is 892 g/mol. The first-order valence-electron chi connectivity index (χ1n) is 23.9. The van der Waals surface area contributed by atoms with Gasteiger partial charge in [0.1, 0.15) is 22.3 Å². The topological polar surface area (TPSA) is 36.1 Å². The molecule has 0 N–H and O–H groups in total. The molecule has 0 radical (unpaired) electrons. The number of nitrogens with zero attached hydrogens (tertiary/aromatic N) is 2. The van der Waals surface area contributed by atoms with Crippen LogP contribution in [0.1, 0.15) is 0 Å². The van der Waals surface area contributed by atoms with Crippen molar-refractivity contribution < 1.29 is 8.83 Å². The average Bonchev–Trinajstić information content (AvgIpc) is 4.18. The predicted molar refractivity (Wildman–Crippen MR) is 291 cm³/mol. The Bertz CT molecular complexity index is 4320. The van der Waals surface area contributed by atoms with Crippen molar-refractivity contribution in [3.8, 4) is 55.9 Å². The number of rotatable bonds is 6. The number of hydrogen-bond acceptors (Lipinski definition) is 2. The highest BCUT2D eigenvalue weighted by Gasteiger charge is 2.21. The van der Waals surface area contributed by atoms with E-state index < -0.39 is 0 Å². The molecule has 15 aromatic rings. The first kappa shape index (κ1) is 38.7. The summed E-state index contributed by atoms with van der Waals surface area (Å²) >= 11 is 0. The van der Waals surface area contributed by atoms with E-state index in [0.717, 1.165) is 88.6 Å². The van der Waals surface area contributed by atoms with Crippen molar-refractivity contribution in [1.82, 2.24) is 9.13 Å². The molecule has 0 aliphatic carbocycles. The third-order valence-corrected chi connectivity index (χ3v) is 14.5. The van der Waals surface area contributed by atoms with Gasteiger partial charge in [-0.25, -0.2) is 0 Å². The summed E-state index contributed by atoms with van der Waals surface area (Å²) in [6, 6.07) is 87.8. The van der Waals surface area contributed by atoms with Gasteiger partial charge in [0.2, 0.25) is 0 Å². The number of aromatic nitrogens is 2. The van der Waals surface area contributed by atoms with E-state index in [1.54, 1.807) is 0 Å². The van der Waals surface area contributed by atoms with Gasteiger partial charge >= 0.3 is 0 Å². The van der Waals surface area contributed by atoms with Crippen LogP contribution in [0.3, 0.4) is 0 Å². The SMILES string of the molecule is c1cc(-c2cccc3c4ccccc4n(-c4cccc(-c5ccc6oc7ccccc7c6c5)c4)c23)cc(-c2cccc3c4ccccc4n(-c4cccc(-c5ccc6oc7ccccc7c6c5)c4)c23)c1. The van der Waals surface area contributed by atoms with Gasteiger partial charge in [-0.3, -0.25) is 0 Å². The summed E-state index contributed by atoms with van der Waals surface area (Å²) in [5.74, 6) is 0. The number of para-hydroxylation sites is 6. The Morgan fingerprint density at radius 1 is 0.229 bits per heavy atom. The van der Waals surface area contributed by atoms with Crippen molar-refractivity contribution in [2.45, 2.75) is 0 Å². The molecule has 70 heavy (non-hydrogen) atoms. The van der Waals surface area contributed by atoms with Crippen LogP contribution < -0.4 is 0 Å². The third kappa shape index (κ3) is 5.84. The van der Waals surface area contributed by atoms with E-state index >= 15 is 0 Å². The van der Waals surface area contributed by atoms with Crippen molar-refractivity contribution in [3.63, 3.8) is 0 Å². The lowest BCUT2D eigenvalue weighted by Crippen LogP contribution is -1.97. The summed E-state index contributed by atoms with van der Waals surface area (Å²) < 4.78 is 17.3. The Balaban J connectivity index is 0.888. The summed E-state index contributed by atoms with van der Waals surface area (Å²) in [4.78, 5) is 0. The van der Waals surface area contributed by atoms with Crippen LogP contribution in [0.5, 0.6) is 0 Å². The van der Waals surface area contributed by atoms with Crippen LogP contribution >= 0.6 is 0 Å². The fourth-order valence-corrected chi connectivity index (χ4v) is 11.4. The van der Waals surface area contributed by atoms with Gasteiger partial charge in [0.15, 0.2) is 0 Å². The number of fused-ring (bicyclic) bond motifs is 12. The molecule has 0 aliphatic heterocycles. The molecule has 0 unspecified atom stereocenters. The van der Waals surface area contributed by atoms with Gasteiger partial charge in [-0.2, -0.15) is 0 Å².